The molecule has 1 N–H and O–H groups in total. The fourth-order valence-corrected chi connectivity index (χ4v) is 4.64. The zero-order valence-corrected chi connectivity index (χ0v) is 17.8. The van der Waals surface area contributed by atoms with Gasteiger partial charge in [0, 0.05) is 25.3 Å². The van der Waals surface area contributed by atoms with Crippen LogP contribution in [-0.4, -0.2) is 51.6 Å². The van der Waals surface area contributed by atoms with E-state index in [0.717, 1.165) is 38.5 Å². The SMILES string of the molecule is CC(C)(C)OC(=O)N1CCC2(CCC(n3ccc(C(=O)O)c(C=O)c3=O)CC2)CC1. The largest absolute Gasteiger partial charge is 0.478 e. The fourth-order valence-electron chi connectivity index (χ4n) is 4.64. The number of carbonyl (C=O) groups is 3. The number of aromatic nitrogens is 1. The topological polar surface area (TPSA) is 106 Å². The molecular weight excluding hydrogens is 388 g/mol. The van der Waals surface area contributed by atoms with E-state index in [1.165, 1.54) is 16.8 Å². The van der Waals surface area contributed by atoms with Gasteiger partial charge >= 0.3 is 12.1 Å². The number of carbonyl (C=O) groups excluding carboxylic acids is 2. The maximum atomic E-state index is 12.6. The number of piperidine rings is 1. The third-order valence-electron chi connectivity index (χ3n) is 6.39. The highest BCUT2D eigenvalue weighted by Gasteiger charge is 2.40. The number of aromatic carboxylic acids is 1. The van der Waals surface area contributed by atoms with Gasteiger partial charge in [-0.15, -0.1) is 0 Å². The summed E-state index contributed by atoms with van der Waals surface area (Å²) < 4.78 is 6.98. The van der Waals surface area contributed by atoms with Crippen molar-refractivity contribution in [1.82, 2.24) is 9.47 Å². The molecule has 2 fully saturated rings. The van der Waals surface area contributed by atoms with Crippen LogP contribution in [0, 0.1) is 5.41 Å². The second kappa shape index (κ2) is 8.24. The van der Waals surface area contributed by atoms with Crippen molar-refractivity contribution in [3.8, 4) is 0 Å². The molecule has 0 unspecified atom stereocenters. The van der Waals surface area contributed by atoms with E-state index in [2.05, 4.69) is 0 Å². The van der Waals surface area contributed by atoms with Gasteiger partial charge in [0.2, 0.25) is 0 Å². The third kappa shape index (κ3) is 4.57. The normalized spacial score (nSPS) is 19.5. The predicted molar refractivity (Wildman–Crippen MR) is 110 cm³/mol. The Balaban J connectivity index is 1.63. The molecule has 1 saturated heterocycles. The first-order valence-electron chi connectivity index (χ1n) is 10.5. The summed E-state index contributed by atoms with van der Waals surface area (Å²) in [4.78, 5) is 49.2. The maximum absolute atomic E-state index is 12.6. The monoisotopic (exact) mass is 418 g/mol. The van der Waals surface area contributed by atoms with Gasteiger partial charge in [-0.25, -0.2) is 9.59 Å². The highest BCUT2D eigenvalue weighted by atomic mass is 16.6. The number of carboxylic acids is 1. The molecule has 0 bridgehead atoms. The number of nitrogens with zero attached hydrogens (tertiary/aromatic N) is 2. The Labute approximate surface area is 175 Å². The first kappa shape index (κ1) is 22.1. The Bertz CT molecular complexity index is 880. The molecule has 2 aliphatic rings. The van der Waals surface area contributed by atoms with Crippen molar-refractivity contribution in [2.45, 2.75) is 70.9 Å². The van der Waals surface area contributed by atoms with Gasteiger partial charge in [-0.1, -0.05) is 0 Å². The fraction of sp³-hybridized carbons (Fsp3) is 0.636. The van der Waals surface area contributed by atoms with Crippen LogP contribution < -0.4 is 5.56 Å². The number of rotatable bonds is 3. The van der Waals surface area contributed by atoms with Crippen LogP contribution in [0.3, 0.4) is 0 Å². The average molecular weight is 418 g/mol. The quantitative estimate of drug-likeness (QED) is 0.753. The molecule has 1 spiro atoms. The van der Waals surface area contributed by atoms with Crippen molar-refractivity contribution >= 4 is 18.3 Å². The number of carboxylic acid groups (broad SMARTS) is 1. The molecule has 8 nitrogen and oxygen atoms in total. The van der Waals surface area contributed by atoms with Gasteiger partial charge in [-0.05, 0) is 70.8 Å². The lowest BCUT2D eigenvalue weighted by atomic mass is 9.67. The minimum absolute atomic E-state index is 0.0476. The number of hydrogen-bond donors (Lipinski definition) is 1. The van der Waals surface area contributed by atoms with Crippen LogP contribution in [0.15, 0.2) is 17.1 Å². The van der Waals surface area contributed by atoms with Crippen molar-refractivity contribution in [2.24, 2.45) is 5.41 Å². The van der Waals surface area contributed by atoms with Gasteiger partial charge in [0.15, 0.2) is 6.29 Å². The number of likely N-dealkylation sites (tertiary alicyclic amines) is 1. The summed E-state index contributed by atoms with van der Waals surface area (Å²) >= 11 is 0. The molecule has 1 aliphatic carbocycles. The molecule has 0 radical (unpaired) electrons. The minimum atomic E-state index is -1.28. The molecule has 30 heavy (non-hydrogen) atoms. The molecule has 0 atom stereocenters. The minimum Gasteiger partial charge on any atom is -0.478 e. The van der Waals surface area contributed by atoms with Crippen molar-refractivity contribution in [3.63, 3.8) is 0 Å². The molecule has 1 aromatic heterocycles. The molecule has 3 rings (SSSR count). The van der Waals surface area contributed by atoms with Crippen LogP contribution in [-0.2, 0) is 4.74 Å². The van der Waals surface area contributed by atoms with Crippen LogP contribution >= 0.6 is 0 Å². The first-order chi connectivity index (χ1) is 14.1. The number of pyridine rings is 1. The van der Waals surface area contributed by atoms with Crippen molar-refractivity contribution in [3.05, 3.63) is 33.7 Å². The third-order valence-corrected chi connectivity index (χ3v) is 6.39. The smallest absolute Gasteiger partial charge is 0.410 e. The zero-order valence-electron chi connectivity index (χ0n) is 17.8. The molecule has 0 aromatic carbocycles. The Hall–Kier alpha value is -2.64. The average Bonchev–Trinajstić information content (AvgIpc) is 2.67. The van der Waals surface area contributed by atoms with Crippen LogP contribution in [0.25, 0.3) is 0 Å². The van der Waals surface area contributed by atoms with Crippen LogP contribution in [0.4, 0.5) is 4.79 Å². The summed E-state index contributed by atoms with van der Waals surface area (Å²) in [5.74, 6) is -1.28. The van der Waals surface area contributed by atoms with Crippen LogP contribution in [0.2, 0.25) is 0 Å². The Kier molecular flexibility index (Phi) is 6.06. The van der Waals surface area contributed by atoms with Gasteiger partial charge in [0.25, 0.3) is 5.56 Å². The molecule has 8 heteroatoms. The van der Waals surface area contributed by atoms with Gasteiger partial charge in [0.05, 0.1) is 11.1 Å². The van der Waals surface area contributed by atoms with E-state index in [4.69, 9.17) is 9.84 Å². The van der Waals surface area contributed by atoms with E-state index in [-0.39, 0.29) is 28.7 Å². The van der Waals surface area contributed by atoms with Crippen LogP contribution in [0.5, 0.6) is 0 Å². The lowest BCUT2D eigenvalue weighted by molar-refractivity contribution is 0.00176. The van der Waals surface area contributed by atoms with E-state index in [9.17, 15) is 19.2 Å². The van der Waals surface area contributed by atoms with Gasteiger partial charge < -0.3 is 19.3 Å². The summed E-state index contributed by atoms with van der Waals surface area (Å²) in [6.45, 7) is 6.92. The molecule has 2 heterocycles. The molecule has 1 aromatic rings. The van der Waals surface area contributed by atoms with E-state index >= 15 is 0 Å². The van der Waals surface area contributed by atoms with Gasteiger partial charge in [-0.3, -0.25) is 9.59 Å². The molecule has 1 saturated carbocycles. The second-order valence-corrected chi connectivity index (χ2v) is 9.48. The standard InChI is InChI=1S/C22H30N2O6/c1-21(2,3)30-20(29)23-12-9-22(10-13-23)7-4-15(5-8-22)24-11-6-16(19(27)28)17(14-25)18(24)26/h6,11,14-15H,4-5,7-10,12-13H2,1-3H3,(H,27,28). The number of ether oxygens (including phenoxy) is 1. The highest BCUT2D eigenvalue weighted by molar-refractivity contribution is 5.96. The van der Waals surface area contributed by atoms with Crippen LogP contribution in [0.1, 0.15) is 86.1 Å². The van der Waals surface area contributed by atoms with E-state index in [1.807, 2.05) is 20.8 Å². The molecule has 1 aliphatic heterocycles. The summed E-state index contributed by atoms with van der Waals surface area (Å²) in [6, 6.07) is 1.28. The van der Waals surface area contributed by atoms with E-state index in [0.29, 0.717) is 19.4 Å². The molecular formula is C22H30N2O6. The van der Waals surface area contributed by atoms with E-state index in [1.54, 1.807) is 4.90 Å². The molecule has 164 valence electrons. The van der Waals surface area contributed by atoms with Crippen molar-refractivity contribution < 1.29 is 24.2 Å². The number of amides is 1. The maximum Gasteiger partial charge on any atom is 0.410 e. The summed E-state index contributed by atoms with van der Waals surface area (Å²) in [5, 5.41) is 9.17. The number of aldehydes is 1. The van der Waals surface area contributed by atoms with Gasteiger partial charge in [0.1, 0.15) is 5.60 Å². The van der Waals surface area contributed by atoms with Gasteiger partial charge in [-0.2, -0.15) is 0 Å². The highest BCUT2D eigenvalue weighted by Crippen LogP contribution is 2.47. The Morgan fingerprint density at radius 3 is 2.27 bits per heavy atom. The lowest BCUT2D eigenvalue weighted by Crippen LogP contribution is -2.46. The first-order valence-corrected chi connectivity index (χ1v) is 10.5. The zero-order chi connectivity index (χ0) is 22.1. The van der Waals surface area contributed by atoms with Crippen molar-refractivity contribution in [2.75, 3.05) is 13.1 Å². The lowest BCUT2D eigenvalue weighted by Gasteiger charge is -2.46. The Morgan fingerprint density at radius 2 is 1.77 bits per heavy atom. The summed E-state index contributed by atoms with van der Waals surface area (Å²) in [5.41, 5.74) is -1.43. The number of hydrogen-bond acceptors (Lipinski definition) is 5. The summed E-state index contributed by atoms with van der Waals surface area (Å²) in [7, 11) is 0. The molecule has 1 amide bonds. The second-order valence-electron chi connectivity index (χ2n) is 9.48. The Morgan fingerprint density at radius 1 is 1.17 bits per heavy atom. The predicted octanol–water partition coefficient (Wildman–Crippen LogP) is 3.49. The summed E-state index contributed by atoms with van der Waals surface area (Å²) in [6.07, 6.45) is 6.82. The van der Waals surface area contributed by atoms with Crippen molar-refractivity contribution in [1.29, 1.82) is 0 Å². The van der Waals surface area contributed by atoms with E-state index < -0.39 is 17.1 Å².